The van der Waals surface area contributed by atoms with Crippen molar-refractivity contribution in [1.29, 1.82) is 0 Å². The number of ketones is 5. The summed E-state index contributed by atoms with van der Waals surface area (Å²) < 4.78 is 102. The van der Waals surface area contributed by atoms with Crippen LogP contribution in [0.25, 0.3) is 0 Å². The highest BCUT2D eigenvalue weighted by molar-refractivity contribution is 7.52. The van der Waals surface area contributed by atoms with E-state index in [0.29, 0.717) is 120 Å². The number of nitrogens with one attached hydrogen (secondary N) is 2. The lowest BCUT2D eigenvalue weighted by Gasteiger charge is -2.40. The van der Waals surface area contributed by atoms with Gasteiger partial charge in [-0.3, -0.25) is 47.9 Å². The molecule has 7 rings (SSSR count). The summed E-state index contributed by atoms with van der Waals surface area (Å²) in [6.45, 7) is 5.20. The average Bonchev–Trinajstić information content (AvgIpc) is 1.63. The number of likely N-dealkylation sites (tertiary alicyclic amines) is 1. The summed E-state index contributed by atoms with van der Waals surface area (Å²) in [5, 5.41) is 107. The Hall–Kier alpha value is -5.03. The number of phosphoric ester groups is 1. The number of ether oxygens (including phenoxy) is 10. The van der Waals surface area contributed by atoms with Crippen molar-refractivity contribution in [3.63, 3.8) is 0 Å². The minimum Gasteiger partial charge on any atom is -0.778 e. The Morgan fingerprint density at radius 3 is 1.39 bits per heavy atom. The number of rotatable bonds is 66. The molecule has 9 unspecified atom stereocenters. The Balaban J connectivity index is 0.951. The zero-order valence-corrected chi connectivity index (χ0v) is 77.1. The number of carbonyl (C=O) groups excluding carboxylic acids is 8. The van der Waals surface area contributed by atoms with Crippen molar-refractivity contribution in [2.45, 2.75) is 343 Å². The predicted molar refractivity (Wildman–Crippen MR) is 454 cm³/mol. The zero-order valence-electron chi connectivity index (χ0n) is 75.3. The van der Waals surface area contributed by atoms with Crippen LogP contribution < -0.4 is 20.4 Å². The Morgan fingerprint density at radius 1 is 0.519 bits per heavy atom. The van der Waals surface area contributed by atoms with Gasteiger partial charge in [0.15, 0.2) is 18.9 Å². The van der Waals surface area contributed by atoms with E-state index in [4.69, 9.17) is 60.9 Å². The first-order valence-corrected chi connectivity index (χ1v) is 48.8. The number of phosphoric acid groups is 1. The monoisotopic (exact) mass is 1880 g/mol. The largest absolute Gasteiger partial charge is 0.778 e. The number of hydrogen-bond acceptors (Lipinski definition) is 38. The molecule has 6 aliphatic rings. The molecule has 1 aromatic rings. The van der Waals surface area contributed by atoms with Crippen molar-refractivity contribution < 1.29 is 169 Å². The summed E-state index contributed by atoms with van der Waals surface area (Å²) in [5.74, 6) is -4.84. The average molecular weight is 1880 g/mol. The summed E-state index contributed by atoms with van der Waals surface area (Å²) >= 11 is 0. The molecule has 7 heterocycles. The number of aliphatic hydroxyl groups is 10. The van der Waals surface area contributed by atoms with Gasteiger partial charge >= 0.3 is 0 Å². The first-order valence-electron chi connectivity index (χ1n) is 45.7. The van der Waals surface area contributed by atoms with E-state index < -0.39 is 232 Å². The van der Waals surface area contributed by atoms with Crippen LogP contribution >= 0.6 is 15.4 Å². The summed E-state index contributed by atoms with van der Waals surface area (Å²) in [6, 6.07) is -1.16. The molecule has 41 nitrogen and oxygen atoms in total. The Kier molecular flexibility index (Phi) is 49.1. The number of carbonyl (C=O) groups is 8. The number of hydrogen-bond donors (Lipinski definition) is 12. The lowest BCUT2D eigenvalue weighted by atomic mass is 9.92. The number of unbranched alkanes of at least 4 members (excludes halogenated alkanes) is 8. The van der Waals surface area contributed by atoms with Crippen LogP contribution in [0.15, 0.2) is 11.3 Å². The second-order valence-electron chi connectivity index (χ2n) is 35.1. The van der Waals surface area contributed by atoms with Crippen LogP contribution in [-0.2, 0) is 108 Å². The van der Waals surface area contributed by atoms with E-state index in [2.05, 4.69) is 25.6 Å². The fourth-order valence-electron chi connectivity index (χ4n) is 16.0. The molecule has 23 atom stereocenters. The van der Waals surface area contributed by atoms with Crippen molar-refractivity contribution in [2.75, 3.05) is 106 Å². The molecule has 0 saturated carbocycles. The minimum atomic E-state index is -5.40. The van der Waals surface area contributed by atoms with Crippen LogP contribution in [-0.4, -0.2) is 340 Å². The number of fused-ring (bicyclic) bond motifs is 1. The van der Waals surface area contributed by atoms with Gasteiger partial charge in [0.05, 0.1) is 133 Å². The zero-order chi connectivity index (χ0) is 94.4. The fourth-order valence-corrected chi connectivity index (χ4v) is 17.6. The van der Waals surface area contributed by atoms with E-state index in [1.54, 1.807) is 33.9 Å². The van der Waals surface area contributed by atoms with Gasteiger partial charge in [-0.1, -0.05) is 47.5 Å². The van der Waals surface area contributed by atoms with Crippen LogP contribution in [0.3, 0.4) is 0 Å². The highest BCUT2D eigenvalue weighted by atomic mass is 31.2. The summed E-state index contributed by atoms with van der Waals surface area (Å²) in [4.78, 5) is 148. The maximum atomic E-state index is 14.6. The molecular formula is C86H142N6O35P2-2. The third-order valence-electron chi connectivity index (χ3n) is 24.2. The summed E-state index contributed by atoms with van der Waals surface area (Å²) in [6.07, 6.45) is -7.06. The second-order valence-corrected chi connectivity index (χ2v) is 38.8. The molecule has 0 bridgehead atoms. The van der Waals surface area contributed by atoms with Gasteiger partial charge in [0, 0.05) is 140 Å². The summed E-state index contributed by atoms with van der Waals surface area (Å²) in [7, 11) is -9.87. The van der Waals surface area contributed by atoms with Crippen molar-refractivity contribution in [3.05, 3.63) is 17.7 Å². The topological polar surface area (TPSA) is 605 Å². The van der Waals surface area contributed by atoms with Gasteiger partial charge in [0.1, 0.15) is 103 Å². The van der Waals surface area contributed by atoms with Gasteiger partial charge < -0.3 is 142 Å². The number of aryl methyl sites for hydroxylation is 1. The van der Waals surface area contributed by atoms with E-state index in [1.807, 2.05) is 0 Å². The van der Waals surface area contributed by atoms with E-state index in [1.165, 1.54) is 20.2 Å². The number of β-amino-alcohol motifs (C(OH)–C–C–N with tert-alkyl or cyclic N) is 1. The number of amides is 3. The van der Waals surface area contributed by atoms with Gasteiger partial charge in [0.25, 0.3) is 7.82 Å². The Bertz CT molecular complexity index is 3510. The van der Waals surface area contributed by atoms with E-state index in [-0.39, 0.29) is 152 Å². The molecule has 129 heavy (non-hydrogen) atoms. The molecule has 43 heteroatoms. The third-order valence-corrected chi connectivity index (χ3v) is 26.9. The van der Waals surface area contributed by atoms with Crippen molar-refractivity contribution in [3.8, 4) is 0 Å². The van der Waals surface area contributed by atoms with Gasteiger partial charge in [-0.05, 0) is 90.4 Å². The molecule has 3 amide bonds. The molecule has 738 valence electrons. The minimum absolute atomic E-state index is 0.00440. The smallest absolute Gasteiger partial charge is 0.268 e. The van der Waals surface area contributed by atoms with Gasteiger partial charge in [-0.2, -0.15) is 0 Å². The summed E-state index contributed by atoms with van der Waals surface area (Å²) in [5.41, 5.74) is -1.10. The molecule has 0 aromatic carbocycles. The van der Waals surface area contributed by atoms with Crippen molar-refractivity contribution in [1.82, 2.24) is 25.5 Å². The maximum Gasteiger partial charge on any atom is 0.268 e. The third kappa shape index (κ3) is 37.2. The normalized spacial score (nSPS) is 28.9. The second kappa shape index (κ2) is 57.1. The highest BCUT2D eigenvalue weighted by Crippen LogP contribution is 2.49. The number of Topliss-reactive ketones (excluding diaryl/α,β-unsaturated/α-hetero) is 5. The van der Waals surface area contributed by atoms with Gasteiger partial charge in [-0.15, -0.1) is 0 Å². The fraction of sp³-hybridized carbons (Fsp3) is 0.849. The van der Waals surface area contributed by atoms with Crippen LogP contribution in [0.1, 0.15) is 232 Å². The molecule has 0 radical (unpaired) electrons. The van der Waals surface area contributed by atoms with Crippen molar-refractivity contribution in [2.24, 2.45) is 22.7 Å². The van der Waals surface area contributed by atoms with Crippen LogP contribution in [0.4, 0.5) is 5.69 Å². The van der Waals surface area contributed by atoms with Crippen LogP contribution in [0.5, 0.6) is 0 Å². The molecular weight excluding hydrogens is 1740 g/mol. The molecule has 1 aromatic heterocycles. The van der Waals surface area contributed by atoms with E-state index >= 15 is 0 Å². The molecule has 12 N–H and O–H groups in total. The number of aliphatic imine (C=N–C) groups is 1. The number of nitrogens with zero attached hydrogens (tertiary/aromatic N) is 4. The lowest BCUT2D eigenvalue weighted by Crippen LogP contribution is -2.59. The van der Waals surface area contributed by atoms with E-state index in [0.717, 1.165) is 4.90 Å². The standard InChI is InChI=1S/C86H144N6O35P2/c1-53(2)128(111,112)121-48-71-67(40-66(123-71)65-42-88-75-57(6)89-52-90-76(65)75)127-129(113,114)122-47-58-39-64(101)43-92(58)74(104)41-73(103)91-86(49-115-36-29-62(99)23-11-7-9-21-59(96)26-14-18-33-118-83-54(3)77(105)80(108)68(44-93)124-83,50-116-37-30-63(100)24-12-8-10-22-60(97)27-15-19-34-119-84-55(4)78(106)81(109)69(45-94)125-84)51-117-38-31-72(102)87-32-17-13-25-61(98)28-16-20-35-120-85-56(5)79(107)82(110)70(46-95)126-85/h42,52-56,58,64-71,77-85,93-95,101,105-110H,7-41,43-51H2,1-6H3,(H,87,102)(H,91,103)(H,111,112)(H,113,114)/p-2/t54?,55?,56?,58-,64+,65?,66-,67+,68?,69?,70?,71-,77-,78-,79-,80+,81+,82+,83-,84-,85-,86?/m1/s1. The van der Waals surface area contributed by atoms with Crippen LogP contribution in [0.2, 0.25) is 0 Å². The number of aliphatic hydroxyl groups excluding tert-OH is 10. The maximum absolute atomic E-state index is 14.6. The quantitative estimate of drug-likeness (QED) is 0.0251. The molecule has 5 saturated heterocycles. The molecule has 0 aliphatic carbocycles. The molecule has 5 fully saturated rings. The lowest BCUT2D eigenvalue weighted by molar-refractivity contribution is -0.282. The Morgan fingerprint density at radius 2 is 0.946 bits per heavy atom. The number of aromatic nitrogens is 2. The molecule has 0 spiro atoms. The molecule has 6 aliphatic heterocycles. The first kappa shape index (κ1) is 111. The Labute approximate surface area is 754 Å². The van der Waals surface area contributed by atoms with E-state index in [9.17, 15) is 108 Å². The van der Waals surface area contributed by atoms with Gasteiger partial charge in [-0.25, -0.2) is 9.97 Å². The van der Waals surface area contributed by atoms with Crippen molar-refractivity contribution >= 4 is 74.0 Å². The highest BCUT2D eigenvalue weighted by Gasteiger charge is 2.48. The van der Waals surface area contributed by atoms with Crippen LogP contribution in [0, 0.1) is 24.7 Å². The first-order chi connectivity index (χ1) is 61.5. The van der Waals surface area contributed by atoms with Gasteiger partial charge in [0.2, 0.25) is 17.7 Å². The SMILES string of the molecule is Cc1ncnc2c1N=CC2[C@H]1C[C@H](OP(=O)([O-])OC[C@H]2C[C@H](O)CN2C(=O)CC(=O)NC(COCCC(=O)CCCCCC(=O)CCCCO[C@@H]2OC(CO)[C@H](O)[C@H](O)C2C)(COCCC(=O)CCCCCC(=O)CCCCO[C@@H]2OC(CO)[C@H](O)[C@H](O)C2C)COCCC(=O)NCCCCC(=O)CCCCO[C@@H]2OC(CO)[C@H](O)[C@H](O)C2C)[C@@H](COP(=O)([O-])C(C)C)O1. The predicted octanol–water partition coefficient (Wildman–Crippen LogP) is 1.84.